The lowest BCUT2D eigenvalue weighted by molar-refractivity contribution is 0.533. The van der Waals surface area contributed by atoms with Crippen LogP contribution in [0.1, 0.15) is 5.69 Å². The molecule has 2 atom stereocenters. The first-order valence-electron chi connectivity index (χ1n) is 6.98. The first-order chi connectivity index (χ1) is 9.86. The fourth-order valence-electron chi connectivity index (χ4n) is 3.47. The van der Waals surface area contributed by atoms with Crippen LogP contribution in [0.15, 0.2) is 24.3 Å². The molecular weight excluding hydrogens is 250 g/mol. The van der Waals surface area contributed by atoms with Crippen molar-refractivity contribution in [2.75, 3.05) is 31.1 Å². The van der Waals surface area contributed by atoms with Gasteiger partial charge in [0.1, 0.15) is 6.07 Å². The summed E-state index contributed by atoms with van der Waals surface area (Å²) in [5.74, 6) is 1.38. The number of benzene rings is 1. The molecule has 4 rings (SSSR count). The van der Waals surface area contributed by atoms with Crippen LogP contribution in [0.25, 0.3) is 10.9 Å². The van der Waals surface area contributed by atoms with Gasteiger partial charge in [0.05, 0.1) is 11.2 Å². The van der Waals surface area contributed by atoms with Crippen LogP contribution < -0.4 is 10.2 Å². The molecule has 100 valence electrons. The van der Waals surface area contributed by atoms with Gasteiger partial charge in [0.15, 0.2) is 5.69 Å². The summed E-state index contributed by atoms with van der Waals surface area (Å²) in [5, 5.41) is 22.1. The van der Waals surface area contributed by atoms with E-state index in [0.717, 1.165) is 42.8 Å². The number of nitriles is 1. The van der Waals surface area contributed by atoms with Crippen LogP contribution in [0.3, 0.4) is 0 Å². The number of nitrogens with zero attached hydrogens (tertiary/aromatic N) is 4. The normalized spacial score (nSPS) is 24.9. The summed E-state index contributed by atoms with van der Waals surface area (Å²) in [7, 11) is 0. The van der Waals surface area contributed by atoms with E-state index in [0.29, 0.717) is 17.5 Å². The zero-order chi connectivity index (χ0) is 13.5. The van der Waals surface area contributed by atoms with E-state index in [1.165, 1.54) is 0 Å². The summed E-state index contributed by atoms with van der Waals surface area (Å²) >= 11 is 0. The Morgan fingerprint density at radius 2 is 1.90 bits per heavy atom. The van der Waals surface area contributed by atoms with Crippen LogP contribution in [0.5, 0.6) is 0 Å². The van der Waals surface area contributed by atoms with E-state index in [4.69, 9.17) is 0 Å². The molecule has 2 unspecified atom stereocenters. The average Bonchev–Trinajstić information content (AvgIpc) is 3.07. The molecule has 2 aliphatic rings. The molecule has 2 saturated heterocycles. The van der Waals surface area contributed by atoms with Crippen molar-refractivity contribution in [2.24, 2.45) is 11.8 Å². The summed E-state index contributed by atoms with van der Waals surface area (Å²) in [6.07, 6.45) is 0. The quantitative estimate of drug-likeness (QED) is 0.838. The van der Waals surface area contributed by atoms with Crippen molar-refractivity contribution >= 4 is 16.6 Å². The number of nitrogens with one attached hydrogen (secondary N) is 1. The van der Waals surface area contributed by atoms with Crippen molar-refractivity contribution < 1.29 is 0 Å². The van der Waals surface area contributed by atoms with Crippen LogP contribution in [-0.2, 0) is 0 Å². The highest BCUT2D eigenvalue weighted by Crippen LogP contribution is 2.35. The van der Waals surface area contributed by atoms with E-state index < -0.39 is 0 Å². The molecule has 2 aromatic rings. The summed E-state index contributed by atoms with van der Waals surface area (Å²) in [4.78, 5) is 2.33. The molecule has 1 N–H and O–H groups in total. The van der Waals surface area contributed by atoms with Crippen LogP contribution in [0.2, 0.25) is 0 Å². The van der Waals surface area contributed by atoms with Crippen molar-refractivity contribution in [3.8, 4) is 6.07 Å². The minimum absolute atomic E-state index is 0.441. The highest BCUT2D eigenvalue weighted by molar-refractivity contribution is 5.93. The van der Waals surface area contributed by atoms with Gasteiger partial charge in [-0.05, 0) is 17.9 Å². The highest BCUT2D eigenvalue weighted by atomic mass is 15.2. The van der Waals surface area contributed by atoms with Crippen LogP contribution in [0, 0.1) is 23.2 Å². The molecule has 3 heterocycles. The Morgan fingerprint density at radius 1 is 1.15 bits per heavy atom. The van der Waals surface area contributed by atoms with Crippen molar-refractivity contribution in [3.63, 3.8) is 0 Å². The molecule has 2 fully saturated rings. The van der Waals surface area contributed by atoms with E-state index in [1.54, 1.807) is 0 Å². The predicted molar refractivity (Wildman–Crippen MR) is 76.3 cm³/mol. The molecule has 0 spiro atoms. The second kappa shape index (κ2) is 4.43. The molecule has 0 saturated carbocycles. The van der Waals surface area contributed by atoms with Crippen molar-refractivity contribution in [1.82, 2.24) is 15.5 Å². The number of anilines is 1. The summed E-state index contributed by atoms with van der Waals surface area (Å²) in [6, 6.07) is 10.1. The molecule has 0 radical (unpaired) electrons. The molecule has 0 bridgehead atoms. The molecule has 20 heavy (non-hydrogen) atoms. The fraction of sp³-hybridized carbons (Fsp3) is 0.400. The molecule has 0 amide bonds. The largest absolute Gasteiger partial charge is 0.368 e. The summed E-state index contributed by atoms with van der Waals surface area (Å²) in [6.45, 7) is 4.17. The van der Waals surface area contributed by atoms with Crippen LogP contribution >= 0.6 is 0 Å². The van der Waals surface area contributed by atoms with Gasteiger partial charge in [-0.3, -0.25) is 0 Å². The van der Waals surface area contributed by atoms with Gasteiger partial charge in [0.2, 0.25) is 0 Å². The first kappa shape index (κ1) is 11.6. The Hall–Kier alpha value is -2.19. The van der Waals surface area contributed by atoms with Crippen LogP contribution in [-0.4, -0.2) is 36.4 Å². The third kappa shape index (κ3) is 1.65. The third-order valence-electron chi connectivity index (χ3n) is 4.45. The standard InChI is InChI=1S/C15H15N5/c16-5-14-15(12-3-1-2-4-13(12)18-19-14)20-8-10-6-17-7-11(10)9-20/h1-4,10-11,17H,6-9H2. The van der Waals surface area contributed by atoms with Gasteiger partial charge < -0.3 is 10.2 Å². The zero-order valence-electron chi connectivity index (χ0n) is 11.1. The fourth-order valence-corrected chi connectivity index (χ4v) is 3.47. The monoisotopic (exact) mass is 265 g/mol. The predicted octanol–water partition coefficient (Wildman–Crippen LogP) is 1.16. The van der Waals surface area contributed by atoms with E-state index in [-0.39, 0.29) is 0 Å². The second-order valence-electron chi connectivity index (χ2n) is 5.61. The smallest absolute Gasteiger partial charge is 0.187 e. The van der Waals surface area contributed by atoms with Gasteiger partial charge in [-0.1, -0.05) is 18.2 Å². The molecule has 5 heteroatoms. The number of hydrogen-bond donors (Lipinski definition) is 1. The number of hydrogen-bond acceptors (Lipinski definition) is 5. The maximum Gasteiger partial charge on any atom is 0.187 e. The van der Waals surface area contributed by atoms with Gasteiger partial charge in [-0.2, -0.15) is 5.26 Å². The minimum Gasteiger partial charge on any atom is -0.368 e. The first-order valence-corrected chi connectivity index (χ1v) is 6.98. The Morgan fingerprint density at radius 3 is 2.65 bits per heavy atom. The van der Waals surface area contributed by atoms with E-state index in [2.05, 4.69) is 26.5 Å². The van der Waals surface area contributed by atoms with E-state index >= 15 is 0 Å². The van der Waals surface area contributed by atoms with E-state index in [9.17, 15) is 5.26 Å². The molecule has 2 aliphatic heterocycles. The maximum atomic E-state index is 9.35. The van der Waals surface area contributed by atoms with Gasteiger partial charge >= 0.3 is 0 Å². The maximum absolute atomic E-state index is 9.35. The van der Waals surface area contributed by atoms with Crippen LogP contribution in [0.4, 0.5) is 5.69 Å². The Bertz CT molecular complexity index is 693. The number of rotatable bonds is 1. The molecule has 5 nitrogen and oxygen atoms in total. The van der Waals surface area contributed by atoms with E-state index in [1.807, 2.05) is 24.3 Å². The SMILES string of the molecule is N#Cc1nnc2ccccc2c1N1CC2CNCC2C1. The minimum atomic E-state index is 0.441. The van der Waals surface area contributed by atoms with Crippen molar-refractivity contribution in [3.05, 3.63) is 30.0 Å². The van der Waals surface area contributed by atoms with Crippen molar-refractivity contribution in [1.29, 1.82) is 5.26 Å². The van der Waals surface area contributed by atoms with Crippen molar-refractivity contribution in [2.45, 2.75) is 0 Å². The number of aromatic nitrogens is 2. The summed E-state index contributed by atoms with van der Waals surface area (Å²) in [5.41, 5.74) is 2.26. The lowest BCUT2D eigenvalue weighted by Crippen LogP contribution is -2.26. The van der Waals surface area contributed by atoms with Gasteiger partial charge in [0, 0.05) is 31.6 Å². The van der Waals surface area contributed by atoms with Gasteiger partial charge in [0.25, 0.3) is 0 Å². The Balaban J connectivity index is 1.84. The lowest BCUT2D eigenvalue weighted by Gasteiger charge is -2.21. The average molecular weight is 265 g/mol. The Kier molecular flexibility index (Phi) is 2.57. The molecule has 1 aromatic carbocycles. The second-order valence-corrected chi connectivity index (χ2v) is 5.61. The topological polar surface area (TPSA) is 64.8 Å². The lowest BCUT2D eigenvalue weighted by atomic mass is 10.0. The number of fused-ring (bicyclic) bond motifs is 2. The molecule has 1 aromatic heterocycles. The van der Waals surface area contributed by atoms with Gasteiger partial charge in [-0.25, -0.2) is 0 Å². The Labute approximate surface area is 117 Å². The highest BCUT2D eigenvalue weighted by Gasteiger charge is 2.37. The zero-order valence-corrected chi connectivity index (χ0v) is 11.1. The third-order valence-corrected chi connectivity index (χ3v) is 4.45. The van der Waals surface area contributed by atoms with Gasteiger partial charge in [-0.15, -0.1) is 10.2 Å². The molecular formula is C15H15N5. The summed E-state index contributed by atoms with van der Waals surface area (Å²) < 4.78 is 0. The molecule has 0 aliphatic carbocycles.